The average Bonchev–Trinajstić information content (AvgIpc) is 2.82. The maximum absolute atomic E-state index is 12.7. The van der Waals surface area contributed by atoms with Crippen molar-refractivity contribution in [3.8, 4) is 0 Å². The number of pyridine rings is 1. The van der Waals surface area contributed by atoms with E-state index in [4.69, 9.17) is 14.2 Å². The van der Waals surface area contributed by atoms with Crippen LogP contribution < -0.4 is 0 Å². The molecule has 2 aliphatic rings. The Balaban J connectivity index is 1.69. The summed E-state index contributed by atoms with van der Waals surface area (Å²) in [5.41, 5.74) is 0.193. The lowest BCUT2D eigenvalue weighted by molar-refractivity contribution is -0.133. The van der Waals surface area contributed by atoms with E-state index in [0.717, 1.165) is 19.6 Å². The second-order valence-electron chi connectivity index (χ2n) is 6.32. The summed E-state index contributed by atoms with van der Waals surface area (Å²) in [4.78, 5) is 20.9. The molecule has 0 bridgehead atoms. The summed E-state index contributed by atoms with van der Waals surface area (Å²) in [6.07, 6.45) is 3.29. The van der Waals surface area contributed by atoms with Crippen molar-refractivity contribution >= 4 is 5.91 Å². The SMILES string of the molecule is COCCN1CCOCC2(C1)CN(C(=O)c1ccncc1)CCO2. The number of nitrogens with zero attached hydrogens (tertiary/aromatic N) is 3. The number of amides is 1. The summed E-state index contributed by atoms with van der Waals surface area (Å²) in [6.45, 7) is 5.96. The Morgan fingerprint density at radius 3 is 2.92 bits per heavy atom. The number of methoxy groups -OCH3 is 1. The molecule has 7 nitrogen and oxygen atoms in total. The predicted molar refractivity (Wildman–Crippen MR) is 88.0 cm³/mol. The van der Waals surface area contributed by atoms with E-state index in [9.17, 15) is 4.79 Å². The lowest BCUT2D eigenvalue weighted by atomic mass is 10.0. The van der Waals surface area contributed by atoms with Gasteiger partial charge in [-0.1, -0.05) is 0 Å². The van der Waals surface area contributed by atoms with Gasteiger partial charge in [-0.3, -0.25) is 14.7 Å². The van der Waals surface area contributed by atoms with Crippen LogP contribution in [0.1, 0.15) is 10.4 Å². The zero-order chi connectivity index (χ0) is 16.8. The Morgan fingerprint density at radius 2 is 2.12 bits per heavy atom. The molecule has 3 heterocycles. The summed E-state index contributed by atoms with van der Waals surface area (Å²) < 4.78 is 17.1. The first kappa shape index (κ1) is 17.3. The van der Waals surface area contributed by atoms with E-state index in [2.05, 4.69) is 9.88 Å². The fourth-order valence-corrected chi connectivity index (χ4v) is 3.27. The van der Waals surface area contributed by atoms with Crippen LogP contribution in [-0.2, 0) is 14.2 Å². The van der Waals surface area contributed by atoms with Crippen LogP contribution in [-0.4, -0.2) is 92.6 Å². The van der Waals surface area contributed by atoms with Gasteiger partial charge in [-0.05, 0) is 12.1 Å². The second kappa shape index (κ2) is 8.02. The van der Waals surface area contributed by atoms with Crippen molar-refractivity contribution in [3.05, 3.63) is 30.1 Å². The van der Waals surface area contributed by atoms with E-state index in [0.29, 0.717) is 45.1 Å². The van der Waals surface area contributed by atoms with Gasteiger partial charge in [0.15, 0.2) is 0 Å². The summed E-state index contributed by atoms with van der Waals surface area (Å²) in [7, 11) is 1.70. The monoisotopic (exact) mass is 335 g/mol. The molecule has 1 atom stereocenters. The maximum Gasteiger partial charge on any atom is 0.254 e. The van der Waals surface area contributed by atoms with Gasteiger partial charge in [-0.25, -0.2) is 0 Å². The molecule has 2 fully saturated rings. The number of morpholine rings is 1. The van der Waals surface area contributed by atoms with Crippen molar-refractivity contribution in [3.63, 3.8) is 0 Å². The van der Waals surface area contributed by atoms with Crippen molar-refractivity contribution in [1.29, 1.82) is 0 Å². The molecule has 1 unspecified atom stereocenters. The smallest absolute Gasteiger partial charge is 0.254 e. The number of rotatable bonds is 4. The van der Waals surface area contributed by atoms with Gasteiger partial charge in [0.05, 0.1) is 33.0 Å². The Kier molecular flexibility index (Phi) is 5.78. The topological polar surface area (TPSA) is 64.1 Å². The molecule has 1 aromatic rings. The molecule has 2 saturated heterocycles. The van der Waals surface area contributed by atoms with Crippen LogP contribution in [0.2, 0.25) is 0 Å². The third kappa shape index (κ3) is 4.10. The molecule has 24 heavy (non-hydrogen) atoms. The second-order valence-corrected chi connectivity index (χ2v) is 6.32. The largest absolute Gasteiger partial charge is 0.383 e. The molecule has 1 aromatic heterocycles. The van der Waals surface area contributed by atoms with Gasteiger partial charge in [0.1, 0.15) is 5.60 Å². The molecule has 1 amide bonds. The lowest BCUT2D eigenvalue weighted by Gasteiger charge is -2.43. The molecular weight excluding hydrogens is 310 g/mol. The van der Waals surface area contributed by atoms with E-state index >= 15 is 0 Å². The number of aromatic nitrogens is 1. The number of hydrogen-bond donors (Lipinski definition) is 0. The van der Waals surface area contributed by atoms with Gasteiger partial charge < -0.3 is 19.1 Å². The van der Waals surface area contributed by atoms with Crippen molar-refractivity contribution in [2.45, 2.75) is 5.60 Å². The highest BCUT2D eigenvalue weighted by atomic mass is 16.5. The molecular formula is C17H25N3O4. The van der Waals surface area contributed by atoms with Crippen molar-refractivity contribution in [2.24, 2.45) is 0 Å². The minimum absolute atomic E-state index is 0.0211. The molecule has 0 aromatic carbocycles. The molecule has 0 aliphatic carbocycles. The quantitative estimate of drug-likeness (QED) is 0.787. The highest BCUT2D eigenvalue weighted by Gasteiger charge is 2.41. The van der Waals surface area contributed by atoms with Gasteiger partial charge in [0.25, 0.3) is 5.91 Å². The Hall–Kier alpha value is -1.54. The highest BCUT2D eigenvalue weighted by Crippen LogP contribution is 2.23. The highest BCUT2D eigenvalue weighted by molar-refractivity contribution is 5.94. The lowest BCUT2D eigenvalue weighted by Crippen LogP contribution is -2.60. The number of ether oxygens (including phenoxy) is 3. The maximum atomic E-state index is 12.7. The average molecular weight is 335 g/mol. The van der Waals surface area contributed by atoms with Crippen LogP contribution in [0.25, 0.3) is 0 Å². The summed E-state index contributed by atoms with van der Waals surface area (Å²) >= 11 is 0. The minimum atomic E-state index is -0.467. The fraction of sp³-hybridized carbons (Fsp3) is 0.647. The standard InChI is InChI=1S/C17H25N3O4/c1-22-9-6-19-7-10-23-14-17(12-19)13-20(8-11-24-17)16(21)15-2-4-18-5-3-15/h2-5H,6-14H2,1H3. The normalized spacial score (nSPS) is 25.6. The Labute approximate surface area is 142 Å². The van der Waals surface area contributed by atoms with Gasteiger partial charge in [0, 0.05) is 51.2 Å². The van der Waals surface area contributed by atoms with Gasteiger partial charge in [-0.2, -0.15) is 0 Å². The fourth-order valence-electron chi connectivity index (χ4n) is 3.27. The molecule has 0 N–H and O–H groups in total. The minimum Gasteiger partial charge on any atom is -0.383 e. The van der Waals surface area contributed by atoms with E-state index in [1.165, 1.54) is 0 Å². The molecule has 132 valence electrons. The predicted octanol–water partition coefficient (Wildman–Crippen LogP) is 0.271. The zero-order valence-electron chi connectivity index (χ0n) is 14.1. The molecule has 3 rings (SSSR count). The van der Waals surface area contributed by atoms with Crippen LogP contribution in [0.3, 0.4) is 0 Å². The summed E-state index contributed by atoms with van der Waals surface area (Å²) in [5, 5.41) is 0. The molecule has 0 radical (unpaired) electrons. The van der Waals surface area contributed by atoms with Crippen LogP contribution in [0.5, 0.6) is 0 Å². The van der Waals surface area contributed by atoms with Gasteiger partial charge >= 0.3 is 0 Å². The first-order valence-electron chi connectivity index (χ1n) is 8.35. The van der Waals surface area contributed by atoms with Crippen LogP contribution in [0, 0.1) is 0 Å². The van der Waals surface area contributed by atoms with Crippen LogP contribution in [0.4, 0.5) is 0 Å². The number of hydrogen-bond acceptors (Lipinski definition) is 6. The third-order valence-corrected chi connectivity index (χ3v) is 4.50. The third-order valence-electron chi connectivity index (χ3n) is 4.50. The number of carbonyl (C=O) groups excluding carboxylic acids is 1. The van der Waals surface area contributed by atoms with Crippen LogP contribution >= 0.6 is 0 Å². The molecule has 7 heteroatoms. The van der Waals surface area contributed by atoms with Gasteiger partial charge in [0.2, 0.25) is 0 Å². The van der Waals surface area contributed by atoms with E-state index < -0.39 is 5.60 Å². The summed E-state index contributed by atoms with van der Waals surface area (Å²) in [5.74, 6) is 0.0211. The molecule has 2 aliphatic heterocycles. The van der Waals surface area contributed by atoms with E-state index in [-0.39, 0.29) is 5.91 Å². The van der Waals surface area contributed by atoms with Crippen LogP contribution in [0.15, 0.2) is 24.5 Å². The van der Waals surface area contributed by atoms with E-state index in [1.54, 1.807) is 31.6 Å². The first-order chi connectivity index (χ1) is 11.7. The number of carbonyl (C=O) groups is 1. The first-order valence-corrected chi connectivity index (χ1v) is 8.35. The molecule has 1 spiro atoms. The van der Waals surface area contributed by atoms with Crippen molar-refractivity contribution in [2.75, 3.05) is 66.3 Å². The van der Waals surface area contributed by atoms with E-state index in [1.807, 2.05) is 4.90 Å². The zero-order valence-corrected chi connectivity index (χ0v) is 14.1. The van der Waals surface area contributed by atoms with Crippen molar-refractivity contribution < 1.29 is 19.0 Å². The summed E-state index contributed by atoms with van der Waals surface area (Å²) in [6, 6.07) is 3.50. The van der Waals surface area contributed by atoms with Crippen molar-refractivity contribution in [1.82, 2.24) is 14.8 Å². The Bertz CT molecular complexity index is 542. The van der Waals surface area contributed by atoms with Gasteiger partial charge in [-0.15, -0.1) is 0 Å². The molecule has 0 saturated carbocycles. The Morgan fingerprint density at radius 1 is 1.29 bits per heavy atom.